The van der Waals surface area contributed by atoms with E-state index in [1.807, 2.05) is 18.0 Å². The molecule has 206 valence electrons. The van der Waals surface area contributed by atoms with Crippen LogP contribution in [-0.4, -0.2) is 99.8 Å². The monoisotopic (exact) mass is 524 g/mol. The van der Waals surface area contributed by atoms with Gasteiger partial charge in [0.2, 0.25) is 5.95 Å². The minimum Gasteiger partial charge on any atom is -0.393 e. The highest BCUT2D eigenvalue weighted by atomic mass is 16.5. The third-order valence-electron chi connectivity index (χ3n) is 8.70. The van der Waals surface area contributed by atoms with Gasteiger partial charge in [0.1, 0.15) is 0 Å². The minimum atomic E-state index is -0.203. The number of aliphatic hydroxyl groups is 1. The maximum atomic E-state index is 13.4. The summed E-state index contributed by atoms with van der Waals surface area (Å²) in [5.41, 5.74) is 4.67. The average molecular weight is 525 g/mol. The van der Waals surface area contributed by atoms with Crippen LogP contribution in [0.2, 0.25) is 0 Å². The lowest BCUT2D eigenvalue weighted by molar-refractivity contribution is 0.0398. The molecule has 5 heterocycles. The van der Waals surface area contributed by atoms with E-state index in [0.717, 1.165) is 50.5 Å². The Morgan fingerprint density at radius 3 is 2.74 bits per heavy atom. The third kappa shape index (κ3) is 4.89. The Hall–Kier alpha value is -2.69. The number of aromatic nitrogens is 3. The Balaban J connectivity index is 1.32. The zero-order valence-corrected chi connectivity index (χ0v) is 22.5. The van der Waals surface area contributed by atoms with Crippen LogP contribution in [0.3, 0.4) is 0 Å². The van der Waals surface area contributed by atoms with Crippen LogP contribution in [0.5, 0.6) is 0 Å². The normalized spacial score (nSPS) is 28.4. The van der Waals surface area contributed by atoms with Crippen molar-refractivity contribution in [2.75, 3.05) is 45.3 Å². The van der Waals surface area contributed by atoms with Crippen LogP contribution in [0.1, 0.15) is 69.0 Å². The smallest absolute Gasteiger partial charge is 0.320 e. The lowest BCUT2D eigenvalue weighted by atomic mass is 9.85. The molecule has 0 aromatic carbocycles. The van der Waals surface area contributed by atoms with Crippen molar-refractivity contribution in [2.24, 2.45) is 0 Å². The number of morpholine rings is 1. The van der Waals surface area contributed by atoms with Gasteiger partial charge in [0, 0.05) is 49.5 Å². The number of aliphatic hydroxyl groups excluding tert-OH is 1. The fraction of sp³-hybridized carbons (Fsp3) is 0.679. The first-order valence-corrected chi connectivity index (χ1v) is 14.2. The number of hydrogen-bond acceptors (Lipinski definition) is 7. The van der Waals surface area contributed by atoms with Gasteiger partial charge < -0.3 is 29.7 Å². The predicted octanol–water partition coefficient (Wildman–Crippen LogP) is 3.27. The predicted molar refractivity (Wildman–Crippen MR) is 144 cm³/mol. The number of amides is 2. The van der Waals surface area contributed by atoms with E-state index in [-0.39, 0.29) is 30.3 Å². The van der Waals surface area contributed by atoms with Crippen LogP contribution in [-0.2, 0) is 9.47 Å². The zero-order chi connectivity index (χ0) is 26.2. The summed E-state index contributed by atoms with van der Waals surface area (Å²) >= 11 is 0. The van der Waals surface area contributed by atoms with Crippen LogP contribution >= 0.6 is 0 Å². The lowest BCUT2D eigenvalue weighted by Crippen LogP contribution is -2.52. The number of carbonyl (C=O) groups excluding carboxylic acids is 1. The molecule has 0 radical (unpaired) electrons. The standard InChI is InChI=1S/C28H40N6O4/c1-18(17-37-2)30-27-29-16-26-24(15-25(34(26)31-27)19-3-7-23(35)8-4-19)20-13-21-5-6-22(14-20)33(21)28(36)32-9-11-38-12-10-32/h13,15-16,18-19,21-23,35H,3-12,14,17H2,1-2H3,(H,30,31)/t18-,19?,21+,22-,23?/m0/s1. The average Bonchev–Trinajstić information content (AvgIpc) is 3.43. The molecule has 38 heavy (non-hydrogen) atoms. The Kier molecular flexibility index (Phi) is 7.29. The minimum absolute atomic E-state index is 0.0902. The van der Waals surface area contributed by atoms with Gasteiger partial charge in [-0.2, -0.15) is 0 Å². The van der Waals surface area contributed by atoms with E-state index in [9.17, 15) is 9.90 Å². The molecule has 3 atom stereocenters. The van der Waals surface area contributed by atoms with Gasteiger partial charge in [0.05, 0.1) is 43.7 Å². The summed E-state index contributed by atoms with van der Waals surface area (Å²) in [6.45, 7) is 5.20. The molecular formula is C28H40N6O4. The SMILES string of the molecule is COC[C@H](C)Nc1ncc2c(C3=C[C@H]4CC[C@@H](C3)N4C(=O)N3CCOCC3)cc(C3CCC(O)CC3)n2n1. The summed E-state index contributed by atoms with van der Waals surface area (Å²) in [5, 5.41) is 18.4. The highest BCUT2D eigenvalue weighted by molar-refractivity contribution is 5.83. The Labute approximate surface area is 224 Å². The van der Waals surface area contributed by atoms with Crippen LogP contribution in [0.15, 0.2) is 18.3 Å². The van der Waals surface area contributed by atoms with Gasteiger partial charge in [-0.3, -0.25) is 0 Å². The number of fused-ring (bicyclic) bond motifs is 3. The Bertz CT molecular complexity index is 1180. The Morgan fingerprint density at radius 1 is 1.21 bits per heavy atom. The molecule has 3 aliphatic heterocycles. The molecule has 2 aromatic heterocycles. The first kappa shape index (κ1) is 25.6. The number of anilines is 1. The van der Waals surface area contributed by atoms with Crippen LogP contribution in [0.25, 0.3) is 11.1 Å². The van der Waals surface area contributed by atoms with Crippen molar-refractivity contribution in [2.45, 2.75) is 82.0 Å². The molecule has 3 fully saturated rings. The summed E-state index contributed by atoms with van der Waals surface area (Å²) < 4.78 is 12.8. The topological polar surface area (TPSA) is 104 Å². The van der Waals surface area contributed by atoms with Crippen LogP contribution < -0.4 is 5.32 Å². The van der Waals surface area contributed by atoms with E-state index in [1.54, 1.807) is 7.11 Å². The van der Waals surface area contributed by atoms with Gasteiger partial charge >= 0.3 is 6.03 Å². The summed E-state index contributed by atoms with van der Waals surface area (Å²) in [5.74, 6) is 0.931. The van der Waals surface area contributed by atoms with Crippen molar-refractivity contribution >= 4 is 23.1 Å². The molecule has 2 aromatic rings. The summed E-state index contributed by atoms with van der Waals surface area (Å²) in [6, 6.07) is 2.89. The van der Waals surface area contributed by atoms with Crippen LogP contribution in [0, 0.1) is 0 Å². The number of ether oxygens (including phenoxy) is 2. The number of carbonyl (C=O) groups is 1. The molecule has 2 amide bonds. The van der Waals surface area contributed by atoms with Gasteiger partial charge in [0.25, 0.3) is 0 Å². The van der Waals surface area contributed by atoms with Gasteiger partial charge in [-0.1, -0.05) is 6.08 Å². The number of methoxy groups -OCH3 is 1. The van der Waals surface area contributed by atoms with E-state index < -0.39 is 0 Å². The largest absolute Gasteiger partial charge is 0.393 e. The van der Waals surface area contributed by atoms with Gasteiger partial charge in [-0.15, -0.1) is 5.10 Å². The van der Waals surface area contributed by atoms with Crippen molar-refractivity contribution in [3.63, 3.8) is 0 Å². The van der Waals surface area contributed by atoms with E-state index in [4.69, 9.17) is 14.6 Å². The van der Waals surface area contributed by atoms with E-state index in [1.165, 1.54) is 16.8 Å². The molecule has 2 N–H and O–H groups in total. The molecule has 6 rings (SSSR count). The fourth-order valence-corrected chi connectivity index (χ4v) is 6.76. The molecule has 4 aliphatic rings. The van der Waals surface area contributed by atoms with Crippen molar-refractivity contribution in [3.05, 3.63) is 29.6 Å². The maximum absolute atomic E-state index is 13.4. The first-order valence-electron chi connectivity index (χ1n) is 14.2. The summed E-state index contributed by atoms with van der Waals surface area (Å²) in [6.07, 6.45) is 10.5. The van der Waals surface area contributed by atoms with Gasteiger partial charge in [0.15, 0.2) is 0 Å². The van der Waals surface area contributed by atoms with Gasteiger partial charge in [-0.05, 0) is 63.5 Å². The Morgan fingerprint density at radius 2 is 2.00 bits per heavy atom. The molecular weight excluding hydrogens is 484 g/mol. The molecule has 0 spiro atoms. The molecule has 10 nitrogen and oxygen atoms in total. The maximum Gasteiger partial charge on any atom is 0.320 e. The number of nitrogens with one attached hydrogen (secondary N) is 1. The first-order chi connectivity index (χ1) is 18.5. The van der Waals surface area contributed by atoms with Crippen molar-refractivity contribution in [1.29, 1.82) is 0 Å². The summed E-state index contributed by atoms with van der Waals surface area (Å²) in [4.78, 5) is 22.1. The number of nitrogens with zero attached hydrogens (tertiary/aromatic N) is 5. The molecule has 2 bridgehead atoms. The van der Waals surface area contributed by atoms with Crippen molar-refractivity contribution in [1.82, 2.24) is 24.4 Å². The molecule has 1 aliphatic carbocycles. The lowest BCUT2D eigenvalue weighted by Gasteiger charge is -2.39. The third-order valence-corrected chi connectivity index (χ3v) is 8.70. The van der Waals surface area contributed by atoms with Crippen LogP contribution in [0.4, 0.5) is 10.7 Å². The quantitative estimate of drug-likeness (QED) is 0.598. The number of rotatable bonds is 6. The van der Waals surface area contributed by atoms with Gasteiger partial charge in [-0.25, -0.2) is 14.3 Å². The highest BCUT2D eigenvalue weighted by Crippen LogP contribution is 2.42. The highest BCUT2D eigenvalue weighted by Gasteiger charge is 2.42. The molecule has 2 saturated heterocycles. The zero-order valence-electron chi connectivity index (χ0n) is 22.5. The van der Waals surface area contributed by atoms with Crippen molar-refractivity contribution in [3.8, 4) is 0 Å². The number of urea groups is 1. The van der Waals surface area contributed by atoms with E-state index in [2.05, 4.69) is 31.9 Å². The molecule has 0 unspecified atom stereocenters. The van der Waals surface area contributed by atoms with E-state index in [0.29, 0.717) is 44.8 Å². The fourth-order valence-electron chi connectivity index (χ4n) is 6.76. The van der Waals surface area contributed by atoms with Crippen molar-refractivity contribution < 1.29 is 19.4 Å². The summed E-state index contributed by atoms with van der Waals surface area (Å²) in [7, 11) is 1.69. The molecule has 10 heteroatoms. The second-order valence-electron chi connectivity index (χ2n) is 11.4. The number of hydrogen-bond donors (Lipinski definition) is 2. The van der Waals surface area contributed by atoms with E-state index >= 15 is 0 Å². The molecule has 1 saturated carbocycles. The second kappa shape index (κ2) is 10.8. The second-order valence-corrected chi connectivity index (χ2v) is 11.4.